The molecule has 3 rings (SSSR count). The van der Waals surface area contributed by atoms with Gasteiger partial charge in [0.25, 0.3) is 0 Å². The highest BCUT2D eigenvalue weighted by Crippen LogP contribution is 2.15. The molecule has 18 heavy (non-hydrogen) atoms. The quantitative estimate of drug-likeness (QED) is 0.657. The summed E-state index contributed by atoms with van der Waals surface area (Å²) in [4.78, 5) is 15.1. The van der Waals surface area contributed by atoms with Crippen molar-refractivity contribution in [1.29, 1.82) is 0 Å². The third kappa shape index (κ3) is 2.02. The minimum Gasteiger partial charge on any atom is -0.458 e. The number of aromatic nitrogens is 1. The molecular formula is C15H11NO2. The Kier molecular flexibility index (Phi) is 2.65. The lowest BCUT2D eigenvalue weighted by Crippen LogP contribution is -1.91. The second-order valence-corrected chi connectivity index (χ2v) is 4.09. The Morgan fingerprint density at radius 2 is 1.94 bits per heavy atom. The summed E-state index contributed by atoms with van der Waals surface area (Å²) in [6, 6.07) is 15.5. The molecule has 0 bridgehead atoms. The molecule has 88 valence electrons. The standard InChI is InChI=1S/C15H11NO2/c17-10-14-8-7-13(18-14)9-12-6-5-11-3-1-2-4-15(11)16-12/h1-8,10H,9H2. The summed E-state index contributed by atoms with van der Waals surface area (Å²) in [5.41, 5.74) is 1.90. The van der Waals surface area contributed by atoms with E-state index in [0.29, 0.717) is 18.5 Å². The van der Waals surface area contributed by atoms with Crippen LogP contribution in [0.5, 0.6) is 0 Å². The summed E-state index contributed by atoms with van der Waals surface area (Å²) < 4.78 is 5.34. The monoisotopic (exact) mass is 237 g/mol. The Labute approximate surface area is 104 Å². The smallest absolute Gasteiger partial charge is 0.185 e. The fourth-order valence-corrected chi connectivity index (χ4v) is 1.94. The van der Waals surface area contributed by atoms with Crippen molar-refractivity contribution < 1.29 is 9.21 Å². The summed E-state index contributed by atoms with van der Waals surface area (Å²) in [7, 11) is 0. The van der Waals surface area contributed by atoms with Crippen LogP contribution in [0.1, 0.15) is 22.0 Å². The van der Waals surface area contributed by atoms with Gasteiger partial charge in [0.1, 0.15) is 5.76 Å². The molecule has 0 amide bonds. The molecular weight excluding hydrogens is 226 g/mol. The van der Waals surface area contributed by atoms with Crippen molar-refractivity contribution in [3.63, 3.8) is 0 Å². The zero-order valence-electron chi connectivity index (χ0n) is 9.67. The number of benzene rings is 1. The molecule has 2 aromatic heterocycles. The van der Waals surface area contributed by atoms with Crippen molar-refractivity contribution in [3.8, 4) is 0 Å². The first-order valence-corrected chi connectivity index (χ1v) is 5.74. The molecule has 0 radical (unpaired) electrons. The maximum atomic E-state index is 10.5. The molecule has 0 fully saturated rings. The van der Waals surface area contributed by atoms with Crippen LogP contribution in [0.25, 0.3) is 10.9 Å². The number of rotatable bonds is 3. The van der Waals surface area contributed by atoms with Crippen molar-refractivity contribution in [3.05, 3.63) is 65.7 Å². The number of para-hydroxylation sites is 1. The van der Waals surface area contributed by atoms with Gasteiger partial charge in [0, 0.05) is 17.5 Å². The first-order valence-electron chi connectivity index (χ1n) is 5.74. The van der Waals surface area contributed by atoms with Gasteiger partial charge in [-0.25, -0.2) is 0 Å². The highest BCUT2D eigenvalue weighted by Gasteiger charge is 2.04. The lowest BCUT2D eigenvalue weighted by atomic mass is 10.1. The van der Waals surface area contributed by atoms with E-state index in [1.54, 1.807) is 12.1 Å². The molecule has 2 heterocycles. The van der Waals surface area contributed by atoms with E-state index < -0.39 is 0 Å². The number of hydrogen-bond acceptors (Lipinski definition) is 3. The molecule has 0 saturated carbocycles. The highest BCUT2D eigenvalue weighted by molar-refractivity contribution is 5.78. The van der Waals surface area contributed by atoms with Crippen molar-refractivity contribution in [2.45, 2.75) is 6.42 Å². The average molecular weight is 237 g/mol. The summed E-state index contributed by atoms with van der Waals surface area (Å²) in [5, 5.41) is 1.12. The van der Waals surface area contributed by atoms with Gasteiger partial charge in [0.2, 0.25) is 0 Å². The number of fused-ring (bicyclic) bond motifs is 1. The summed E-state index contributed by atoms with van der Waals surface area (Å²) in [6.45, 7) is 0. The summed E-state index contributed by atoms with van der Waals surface area (Å²) in [5.74, 6) is 1.10. The minimum absolute atomic E-state index is 0.353. The van der Waals surface area contributed by atoms with Crippen LogP contribution in [0.2, 0.25) is 0 Å². The molecule has 0 atom stereocenters. The van der Waals surface area contributed by atoms with Crippen LogP contribution in [0, 0.1) is 0 Å². The normalized spacial score (nSPS) is 10.7. The van der Waals surface area contributed by atoms with E-state index in [-0.39, 0.29) is 0 Å². The number of carbonyl (C=O) groups excluding carboxylic acids is 1. The molecule has 0 unspecified atom stereocenters. The van der Waals surface area contributed by atoms with E-state index in [9.17, 15) is 4.79 Å². The van der Waals surface area contributed by atoms with Gasteiger partial charge in [-0.15, -0.1) is 0 Å². The summed E-state index contributed by atoms with van der Waals surface area (Å²) >= 11 is 0. The molecule has 3 nitrogen and oxygen atoms in total. The largest absolute Gasteiger partial charge is 0.458 e. The third-order valence-electron chi connectivity index (χ3n) is 2.81. The highest BCUT2D eigenvalue weighted by atomic mass is 16.3. The lowest BCUT2D eigenvalue weighted by molar-refractivity contribution is 0.109. The van der Waals surface area contributed by atoms with Crippen LogP contribution >= 0.6 is 0 Å². The molecule has 0 spiro atoms. The molecule has 3 heteroatoms. The maximum absolute atomic E-state index is 10.5. The zero-order valence-corrected chi connectivity index (χ0v) is 9.67. The van der Waals surface area contributed by atoms with Crippen molar-refractivity contribution in [1.82, 2.24) is 4.98 Å². The SMILES string of the molecule is O=Cc1ccc(Cc2ccc3ccccc3n2)o1. The molecule has 3 aromatic rings. The molecule has 1 aromatic carbocycles. The Morgan fingerprint density at radius 3 is 2.78 bits per heavy atom. The molecule has 0 saturated heterocycles. The number of furan rings is 1. The number of nitrogens with zero attached hydrogens (tertiary/aromatic N) is 1. The van der Waals surface area contributed by atoms with Crippen LogP contribution in [0.15, 0.2) is 52.9 Å². The van der Waals surface area contributed by atoms with E-state index in [1.165, 1.54) is 0 Å². The topological polar surface area (TPSA) is 43.1 Å². The van der Waals surface area contributed by atoms with E-state index in [0.717, 1.165) is 22.4 Å². The minimum atomic E-state index is 0.353. The second-order valence-electron chi connectivity index (χ2n) is 4.09. The van der Waals surface area contributed by atoms with E-state index in [4.69, 9.17) is 4.42 Å². The molecule has 0 aliphatic carbocycles. The number of hydrogen-bond donors (Lipinski definition) is 0. The lowest BCUT2D eigenvalue weighted by Gasteiger charge is -2.01. The van der Waals surface area contributed by atoms with Gasteiger partial charge in [0.05, 0.1) is 5.52 Å². The number of carbonyl (C=O) groups is 1. The summed E-state index contributed by atoms with van der Waals surface area (Å²) in [6.07, 6.45) is 1.30. The Bertz CT molecular complexity index is 700. The third-order valence-corrected chi connectivity index (χ3v) is 2.81. The Balaban J connectivity index is 1.92. The maximum Gasteiger partial charge on any atom is 0.185 e. The van der Waals surface area contributed by atoms with E-state index >= 15 is 0 Å². The van der Waals surface area contributed by atoms with Gasteiger partial charge in [-0.3, -0.25) is 9.78 Å². The van der Waals surface area contributed by atoms with Crippen molar-refractivity contribution in [2.24, 2.45) is 0 Å². The van der Waals surface area contributed by atoms with Gasteiger partial charge in [-0.05, 0) is 24.3 Å². The predicted octanol–water partition coefficient (Wildman–Crippen LogP) is 3.23. The van der Waals surface area contributed by atoms with Crippen LogP contribution in [-0.2, 0) is 6.42 Å². The average Bonchev–Trinajstić information content (AvgIpc) is 2.86. The van der Waals surface area contributed by atoms with Crippen LogP contribution < -0.4 is 0 Å². The van der Waals surface area contributed by atoms with Gasteiger partial charge < -0.3 is 4.42 Å². The second kappa shape index (κ2) is 4.45. The van der Waals surface area contributed by atoms with Crippen molar-refractivity contribution in [2.75, 3.05) is 0 Å². The fourth-order valence-electron chi connectivity index (χ4n) is 1.94. The predicted molar refractivity (Wildman–Crippen MR) is 68.6 cm³/mol. The van der Waals surface area contributed by atoms with E-state index in [1.807, 2.05) is 36.4 Å². The Morgan fingerprint density at radius 1 is 1.06 bits per heavy atom. The van der Waals surface area contributed by atoms with Gasteiger partial charge in [-0.2, -0.15) is 0 Å². The van der Waals surface area contributed by atoms with Crippen molar-refractivity contribution >= 4 is 17.2 Å². The first-order chi connectivity index (χ1) is 8.85. The van der Waals surface area contributed by atoms with Crippen LogP contribution in [-0.4, -0.2) is 11.3 Å². The van der Waals surface area contributed by atoms with Gasteiger partial charge >= 0.3 is 0 Å². The number of pyridine rings is 1. The Hall–Kier alpha value is -2.42. The first kappa shape index (κ1) is 10.7. The molecule has 0 aliphatic rings. The molecule has 0 N–H and O–H groups in total. The van der Waals surface area contributed by atoms with Gasteiger partial charge in [-0.1, -0.05) is 24.3 Å². The molecule has 0 aliphatic heterocycles. The van der Waals surface area contributed by atoms with Crippen LogP contribution in [0.4, 0.5) is 0 Å². The van der Waals surface area contributed by atoms with Gasteiger partial charge in [0.15, 0.2) is 12.0 Å². The van der Waals surface area contributed by atoms with Crippen LogP contribution in [0.3, 0.4) is 0 Å². The number of aldehydes is 1. The zero-order chi connectivity index (χ0) is 12.4. The van der Waals surface area contributed by atoms with E-state index in [2.05, 4.69) is 4.98 Å². The fraction of sp³-hybridized carbons (Fsp3) is 0.0667.